The van der Waals surface area contributed by atoms with Gasteiger partial charge in [0.05, 0.1) is 5.75 Å². The Kier molecular flexibility index (Phi) is 6.14. The van der Waals surface area contributed by atoms with Crippen LogP contribution in [-0.2, 0) is 11.4 Å². The molecule has 0 saturated carbocycles. The van der Waals surface area contributed by atoms with E-state index in [9.17, 15) is 4.79 Å². The van der Waals surface area contributed by atoms with Gasteiger partial charge in [0.25, 0.3) is 11.1 Å². The Morgan fingerprint density at radius 1 is 1.15 bits per heavy atom. The number of benzene rings is 2. The van der Waals surface area contributed by atoms with E-state index in [1.54, 1.807) is 36.2 Å². The lowest BCUT2D eigenvalue weighted by Gasteiger charge is -2.16. The van der Waals surface area contributed by atoms with E-state index in [0.29, 0.717) is 21.9 Å². The standard InChI is InChI=1S/C18H16ClN3O3S/c1-22(14-5-3-2-4-6-14)17(23)12-26-18-21-20-16(25-18)11-24-15-9-7-13(19)8-10-15/h2-10H,11-12H2,1H3. The fraction of sp³-hybridized carbons (Fsp3) is 0.167. The Labute approximate surface area is 160 Å². The van der Waals surface area contributed by atoms with Gasteiger partial charge in [0.1, 0.15) is 5.75 Å². The number of thioether (sulfide) groups is 1. The molecule has 1 amide bonds. The maximum Gasteiger partial charge on any atom is 0.277 e. The summed E-state index contributed by atoms with van der Waals surface area (Å²) >= 11 is 7.02. The molecule has 3 rings (SSSR count). The lowest BCUT2D eigenvalue weighted by Crippen LogP contribution is -2.27. The average Bonchev–Trinajstić information content (AvgIpc) is 3.13. The number of hydrogen-bond acceptors (Lipinski definition) is 6. The maximum absolute atomic E-state index is 12.2. The molecule has 0 spiro atoms. The van der Waals surface area contributed by atoms with Crippen molar-refractivity contribution in [3.63, 3.8) is 0 Å². The molecule has 0 bridgehead atoms. The first-order valence-electron chi connectivity index (χ1n) is 7.77. The minimum Gasteiger partial charge on any atom is -0.484 e. The Hall–Kier alpha value is -2.51. The lowest BCUT2D eigenvalue weighted by molar-refractivity contribution is -0.115. The summed E-state index contributed by atoms with van der Waals surface area (Å²) < 4.78 is 11.0. The van der Waals surface area contributed by atoms with E-state index in [1.807, 2.05) is 30.3 Å². The molecule has 0 aliphatic rings. The molecule has 26 heavy (non-hydrogen) atoms. The first kappa shape index (κ1) is 18.3. The number of carbonyl (C=O) groups excluding carboxylic acids is 1. The number of carbonyl (C=O) groups is 1. The highest BCUT2D eigenvalue weighted by atomic mass is 35.5. The second-order valence-corrected chi connectivity index (χ2v) is 6.64. The van der Waals surface area contributed by atoms with Gasteiger partial charge in [0.15, 0.2) is 6.61 Å². The summed E-state index contributed by atoms with van der Waals surface area (Å²) in [5.74, 6) is 1.14. The topological polar surface area (TPSA) is 68.5 Å². The Morgan fingerprint density at radius 2 is 1.88 bits per heavy atom. The molecule has 0 aliphatic carbocycles. The van der Waals surface area contributed by atoms with E-state index < -0.39 is 0 Å². The first-order valence-corrected chi connectivity index (χ1v) is 9.13. The van der Waals surface area contributed by atoms with Crippen molar-refractivity contribution in [2.24, 2.45) is 0 Å². The summed E-state index contributed by atoms with van der Waals surface area (Å²) in [7, 11) is 1.73. The number of anilines is 1. The predicted molar refractivity (Wildman–Crippen MR) is 101 cm³/mol. The van der Waals surface area contributed by atoms with E-state index in [0.717, 1.165) is 5.69 Å². The predicted octanol–water partition coefficient (Wildman–Crippen LogP) is 4.06. The van der Waals surface area contributed by atoms with Crippen LogP contribution in [0.1, 0.15) is 5.89 Å². The summed E-state index contributed by atoms with van der Waals surface area (Å²) in [6, 6.07) is 16.4. The zero-order valence-electron chi connectivity index (χ0n) is 14.0. The summed E-state index contributed by atoms with van der Waals surface area (Å²) in [4.78, 5) is 13.8. The maximum atomic E-state index is 12.2. The number of para-hydroxylation sites is 1. The molecule has 3 aromatic rings. The van der Waals surface area contributed by atoms with Crippen molar-refractivity contribution in [3.8, 4) is 5.75 Å². The lowest BCUT2D eigenvalue weighted by atomic mass is 10.3. The van der Waals surface area contributed by atoms with Gasteiger partial charge in [-0.3, -0.25) is 4.79 Å². The minimum absolute atomic E-state index is 0.0571. The van der Waals surface area contributed by atoms with Gasteiger partial charge in [0, 0.05) is 17.8 Å². The van der Waals surface area contributed by atoms with E-state index >= 15 is 0 Å². The van der Waals surface area contributed by atoms with Crippen LogP contribution in [0.25, 0.3) is 0 Å². The van der Waals surface area contributed by atoms with Crippen LogP contribution in [0.3, 0.4) is 0 Å². The fourth-order valence-corrected chi connectivity index (χ4v) is 2.87. The van der Waals surface area contributed by atoms with Gasteiger partial charge < -0.3 is 14.1 Å². The van der Waals surface area contributed by atoms with E-state index in [-0.39, 0.29) is 18.3 Å². The molecule has 2 aromatic carbocycles. The highest BCUT2D eigenvalue weighted by molar-refractivity contribution is 7.99. The van der Waals surface area contributed by atoms with Gasteiger partial charge in [-0.1, -0.05) is 41.6 Å². The van der Waals surface area contributed by atoms with Crippen LogP contribution in [0.2, 0.25) is 5.02 Å². The van der Waals surface area contributed by atoms with E-state index in [1.165, 1.54) is 11.8 Å². The SMILES string of the molecule is CN(C(=O)CSc1nnc(COc2ccc(Cl)cc2)o1)c1ccccc1. The molecule has 0 saturated heterocycles. The highest BCUT2D eigenvalue weighted by Crippen LogP contribution is 2.20. The number of halogens is 1. The Morgan fingerprint density at radius 3 is 2.62 bits per heavy atom. The molecule has 1 aromatic heterocycles. The average molecular weight is 390 g/mol. The van der Waals surface area contributed by atoms with Crippen molar-refractivity contribution in [2.75, 3.05) is 17.7 Å². The van der Waals surface area contributed by atoms with Crippen LogP contribution in [0.5, 0.6) is 5.75 Å². The third-order valence-corrected chi connectivity index (χ3v) is 4.52. The van der Waals surface area contributed by atoms with Crippen LogP contribution in [0.15, 0.2) is 64.2 Å². The van der Waals surface area contributed by atoms with Crippen molar-refractivity contribution < 1.29 is 13.9 Å². The summed E-state index contributed by atoms with van der Waals surface area (Å²) in [5, 5.41) is 8.80. The van der Waals surface area contributed by atoms with Crippen LogP contribution < -0.4 is 9.64 Å². The van der Waals surface area contributed by atoms with Crippen molar-refractivity contribution in [1.29, 1.82) is 0 Å². The number of aromatic nitrogens is 2. The minimum atomic E-state index is -0.0571. The molecular weight excluding hydrogens is 374 g/mol. The first-order chi connectivity index (χ1) is 12.6. The van der Waals surface area contributed by atoms with Crippen LogP contribution >= 0.6 is 23.4 Å². The normalized spacial score (nSPS) is 10.5. The molecule has 0 atom stereocenters. The molecule has 6 nitrogen and oxygen atoms in total. The van der Waals surface area contributed by atoms with Crippen LogP contribution in [0, 0.1) is 0 Å². The molecule has 0 fully saturated rings. The summed E-state index contributed by atoms with van der Waals surface area (Å²) in [6.07, 6.45) is 0. The number of amides is 1. The molecule has 0 aliphatic heterocycles. The number of ether oxygens (including phenoxy) is 1. The zero-order chi connectivity index (χ0) is 18.4. The molecular formula is C18H16ClN3O3S. The Balaban J connectivity index is 1.49. The molecule has 0 radical (unpaired) electrons. The van der Waals surface area contributed by atoms with Gasteiger partial charge in [-0.15, -0.1) is 10.2 Å². The third-order valence-electron chi connectivity index (χ3n) is 3.46. The zero-order valence-corrected chi connectivity index (χ0v) is 15.5. The van der Waals surface area contributed by atoms with Crippen molar-refractivity contribution >= 4 is 35.0 Å². The molecule has 0 N–H and O–H groups in total. The van der Waals surface area contributed by atoms with E-state index in [4.69, 9.17) is 20.8 Å². The summed E-state index contributed by atoms with van der Waals surface area (Å²) in [6.45, 7) is 0.146. The van der Waals surface area contributed by atoms with Gasteiger partial charge in [-0.25, -0.2) is 0 Å². The monoisotopic (exact) mass is 389 g/mol. The molecule has 1 heterocycles. The third kappa shape index (κ3) is 5.00. The van der Waals surface area contributed by atoms with Crippen molar-refractivity contribution in [1.82, 2.24) is 10.2 Å². The van der Waals surface area contributed by atoms with Gasteiger partial charge in [-0.05, 0) is 36.4 Å². The van der Waals surface area contributed by atoms with Crippen molar-refractivity contribution in [2.45, 2.75) is 11.8 Å². The van der Waals surface area contributed by atoms with Gasteiger partial charge in [-0.2, -0.15) is 0 Å². The van der Waals surface area contributed by atoms with Crippen LogP contribution in [0.4, 0.5) is 5.69 Å². The molecule has 8 heteroatoms. The second-order valence-electron chi connectivity index (χ2n) is 5.28. The van der Waals surface area contributed by atoms with E-state index in [2.05, 4.69) is 10.2 Å². The van der Waals surface area contributed by atoms with Crippen molar-refractivity contribution in [3.05, 3.63) is 65.5 Å². The van der Waals surface area contributed by atoms with Gasteiger partial charge >= 0.3 is 0 Å². The van der Waals surface area contributed by atoms with Crippen LogP contribution in [-0.4, -0.2) is 28.9 Å². The molecule has 0 unspecified atom stereocenters. The van der Waals surface area contributed by atoms with Gasteiger partial charge in [0.2, 0.25) is 5.91 Å². The Bertz CT molecular complexity index is 856. The summed E-state index contributed by atoms with van der Waals surface area (Å²) in [5.41, 5.74) is 0.834. The fourth-order valence-electron chi connectivity index (χ4n) is 2.05. The second kappa shape index (κ2) is 8.73. The molecule has 134 valence electrons. The number of nitrogens with zero attached hydrogens (tertiary/aromatic N) is 3. The number of rotatable bonds is 7. The quantitative estimate of drug-likeness (QED) is 0.567. The number of hydrogen-bond donors (Lipinski definition) is 0. The smallest absolute Gasteiger partial charge is 0.277 e. The highest BCUT2D eigenvalue weighted by Gasteiger charge is 2.14. The largest absolute Gasteiger partial charge is 0.484 e.